The Morgan fingerprint density at radius 3 is 2.92 bits per heavy atom. The van der Waals surface area contributed by atoms with E-state index in [2.05, 4.69) is 23.5 Å². The number of anilines is 1. The molecule has 1 heterocycles. The maximum atomic E-state index is 4.23. The molecule has 1 aliphatic carbocycles. The molecule has 0 amide bonds. The van der Waals surface area contributed by atoms with Crippen LogP contribution in [0.2, 0.25) is 0 Å². The SMILES string of the molecule is CCn1cc(NC2CCCC2)cn1. The monoisotopic (exact) mass is 179 g/mol. The van der Waals surface area contributed by atoms with Crippen molar-refractivity contribution >= 4 is 5.69 Å². The molecule has 13 heavy (non-hydrogen) atoms. The standard InChI is InChI=1S/C10H17N3/c1-2-13-8-10(7-11-13)12-9-5-3-4-6-9/h7-9,12H,2-6H2,1H3. The molecular formula is C10H17N3. The second kappa shape index (κ2) is 3.81. The van der Waals surface area contributed by atoms with Gasteiger partial charge >= 0.3 is 0 Å². The maximum Gasteiger partial charge on any atom is 0.0728 e. The fraction of sp³-hybridized carbons (Fsp3) is 0.700. The Bertz CT molecular complexity index is 261. The van der Waals surface area contributed by atoms with Crippen molar-refractivity contribution in [1.82, 2.24) is 9.78 Å². The molecule has 1 N–H and O–H groups in total. The minimum absolute atomic E-state index is 0.689. The predicted octanol–water partition coefficient (Wildman–Crippen LogP) is 2.26. The summed E-state index contributed by atoms with van der Waals surface area (Å²) in [4.78, 5) is 0. The van der Waals surface area contributed by atoms with Crippen molar-refractivity contribution in [3.8, 4) is 0 Å². The molecular weight excluding hydrogens is 162 g/mol. The summed E-state index contributed by atoms with van der Waals surface area (Å²) in [5.41, 5.74) is 1.17. The average molecular weight is 179 g/mol. The lowest BCUT2D eigenvalue weighted by atomic mass is 10.2. The first-order chi connectivity index (χ1) is 6.38. The predicted molar refractivity (Wildman–Crippen MR) is 53.8 cm³/mol. The highest BCUT2D eigenvalue weighted by Gasteiger charge is 2.14. The Balaban J connectivity index is 1.92. The first kappa shape index (κ1) is 8.60. The summed E-state index contributed by atoms with van der Waals surface area (Å²) in [7, 11) is 0. The molecule has 0 radical (unpaired) electrons. The van der Waals surface area contributed by atoms with Crippen LogP contribution < -0.4 is 5.32 Å². The molecule has 1 aromatic rings. The van der Waals surface area contributed by atoms with Gasteiger partial charge in [-0.3, -0.25) is 4.68 Å². The number of aromatic nitrogens is 2. The fourth-order valence-electron chi connectivity index (χ4n) is 1.92. The zero-order valence-corrected chi connectivity index (χ0v) is 8.16. The van der Waals surface area contributed by atoms with Crippen molar-refractivity contribution in [3.63, 3.8) is 0 Å². The second-order valence-electron chi connectivity index (χ2n) is 3.71. The Labute approximate surface area is 79.1 Å². The van der Waals surface area contributed by atoms with Gasteiger partial charge in [-0.05, 0) is 19.8 Å². The molecule has 0 spiro atoms. The van der Waals surface area contributed by atoms with Gasteiger partial charge in [-0.2, -0.15) is 5.10 Å². The summed E-state index contributed by atoms with van der Waals surface area (Å²) in [6, 6.07) is 0.689. The van der Waals surface area contributed by atoms with Crippen LogP contribution in [0.4, 0.5) is 5.69 Å². The van der Waals surface area contributed by atoms with Crippen LogP contribution in [-0.2, 0) is 6.54 Å². The van der Waals surface area contributed by atoms with E-state index in [0.717, 1.165) is 6.54 Å². The first-order valence-electron chi connectivity index (χ1n) is 5.17. The number of aryl methyl sites for hydroxylation is 1. The number of rotatable bonds is 3. The van der Waals surface area contributed by atoms with Gasteiger partial charge in [0, 0.05) is 18.8 Å². The highest BCUT2D eigenvalue weighted by atomic mass is 15.3. The van der Waals surface area contributed by atoms with Crippen LogP contribution in [0.5, 0.6) is 0 Å². The minimum atomic E-state index is 0.689. The molecule has 0 bridgehead atoms. The van der Waals surface area contributed by atoms with Gasteiger partial charge in [-0.1, -0.05) is 12.8 Å². The summed E-state index contributed by atoms with van der Waals surface area (Å²) >= 11 is 0. The maximum absolute atomic E-state index is 4.23. The summed E-state index contributed by atoms with van der Waals surface area (Å²) in [6.45, 7) is 3.05. The highest BCUT2D eigenvalue weighted by molar-refractivity contribution is 5.39. The Morgan fingerprint density at radius 1 is 1.54 bits per heavy atom. The highest BCUT2D eigenvalue weighted by Crippen LogP contribution is 2.21. The quantitative estimate of drug-likeness (QED) is 0.771. The molecule has 3 nitrogen and oxygen atoms in total. The van der Waals surface area contributed by atoms with Crippen LogP contribution in [0, 0.1) is 0 Å². The van der Waals surface area contributed by atoms with E-state index < -0.39 is 0 Å². The van der Waals surface area contributed by atoms with Crippen molar-refractivity contribution in [2.75, 3.05) is 5.32 Å². The van der Waals surface area contributed by atoms with Crippen LogP contribution in [0.25, 0.3) is 0 Å². The normalized spacial score (nSPS) is 17.9. The first-order valence-corrected chi connectivity index (χ1v) is 5.17. The van der Waals surface area contributed by atoms with Crippen molar-refractivity contribution < 1.29 is 0 Å². The number of hydrogen-bond acceptors (Lipinski definition) is 2. The fourth-order valence-corrected chi connectivity index (χ4v) is 1.92. The summed E-state index contributed by atoms with van der Waals surface area (Å²) in [6.07, 6.45) is 9.38. The summed E-state index contributed by atoms with van der Waals surface area (Å²) in [5, 5.41) is 7.74. The Morgan fingerprint density at radius 2 is 2.31 bits per heavy atom. The second-order valence-corrected chi connectivity index (χ2v) is 3.71. The lowest BCUT2D eigenvalue weighted by Gasteiger charge is -2.10. The third-order valence-corrected chi connectivity index (χ3v) is 2.68. The zero-order valence-electron chi connectivity index (χ0n) is 8.16. The van der Waals surface area contributed by atoms with Gasteiger partial charge in [0.1, 0.15) is 0 Å². The molecule has 0 saturated heterocycles. The molecule has 0 atom stereocenters. The molecule has 0 aromatic carbocycles. The van der Waals surface area contributed by atoms with Crippen molar-refractivity contribution in [2.24, 2.45) is 0 Å². The molecule has 1 saturated carbocycles. The van der Waals surface area contributed by atoms with Gasteiger partial charge in [0.15, 0.2) is 0 Å². The van der Waals surface area contributed by atoms with E-state index in [9.17, 15) is 0 Å². The van der Waals surface area contributed by atoms with E-state index in [1.54, 1.807) is 0 Å². The molecule has 72 valence electrons. The van der Waals surface area contributed by atoms with Gasteiger partial charge in [-0.25, -0.2) is 0 Å². The third-order valence-electron chi connectivity index (χ3n) is 2.68. The Kier molecular flexibility index (Phi) is 2.52. The molecule has 1 fully saturated rings. The van der Waals surface area contributed by atoms with Crippen LogP contribution in [0.15, 0.2) is 12.4 Å². The summed E-state index contributed by atoms with van der Waals surface area (Å²) in [5.74, 6) is 0. The third kappa shape index (κ3) is 2.02. The smallest absolute Gasteiger partial charge is 0.0728 e. The lowest BCUT2D eigenvalue weighted by Crippen LogP contribution is -2.13. The average Bonchev–Trinajstić information content (AvgIpc) is 2.76. The van der Waals surface area contributed by atoms with Crippen LogP contribution in [-0.4, -0.2) is 15.8 Å². The van der Waals surface area contributed by atoms with E-state index in [4.69, 9.17) is 0 Å². The zero-order chi connectivity index (χ0) is 9.10. The van der Waals surface area contributed by atoms with Crippen molar-refractivity contribution in [1.29, 1.82) is 0 Å². The van der Waals surface area contributed by atoms with E-state index in [0.29, 0.717) is 6.04 Å². The molecule has 1 aliphatic rings. The molecule has 0 unspecified atom stereocenters. The number of nitrogens with zero attached hydrogens (tertiary/aromatic N) is 2. The van der Waals surface area contributed by atoms with Crippen molar-refractivity contribution in [3.05, 3.63) is 12.4 Å². The molecule has 1 aromatic heterocycles. The molecule has 2 rings (SSSR count). The number of hydrogen-bond donors (Lipinski definition) is 1. The van der Waals surface area contributed by atoms with Gasteiger partial charge in [0.25, 0.3) is 0 Å². The minimum Gasteiger partial charge on any atom is -0.380 e. The topological polar surface area (TPSA) is 29.9 Å². The van der Waals surface area contributed by atoms with E-state index in [1.165, 1.54) is 31.4 Å². The Hall–Kier alpha value is -0.990. The molecule has 0 aliphatic heterocycles. The lowest BCUT2D eigenvalue weighted by molar-refractivity contribution is 0.659. The van der Waals surface area contributed by atoms with E-state index >= 15 is 0 Å². The van der Waals surface area contributed by atoms with Gasteiger partial charge in [-0.15, -0.1) is 0 Å². The van der Waals surface area contributed by atoms with Gasteiger partial charge in [0.05, 0.1) is 11.9 Å². The van der Waals surface area contributed by atoms with Gasteiger partial charge < -0.3 is 5.32 Å². The van der Waals surface area contributed by atoms with Crippen molar-refractivity contribution in [2.45, 2.75) is 45.2 Å². The molecule has 3 heteroatoms. The van der Waals surface area contributed by atoms with Gasteiger partial charge in [0.2, 0.25) is 0 Å². The van der Waals surface area contributed by atoms with Crippen LogP contribution >= 0.6 is 0 Å². The van der Waals surface area contributed by atoms with Crippen LogP contribution in [0.3, 0.4) is 0 Å². The largest absolute Gasteiger partial charge is 0.380 e. The van der Waals surface area contributed by atoms with E-state index in [-0.39, 0.29) is 0 Å². The van der Waals surface area contributed by atoms with Crippen LogP contribution in [0.1, 0.15) is 32.6 Å². The van der Waals surface area contributed by atoms with E-state index in [1.807, 2.05) is 10.9 Å². The number of nitrogens with one attached hydrogen (secondary N) is 1. The summed E-state index contributed by atoms with van der Waals surface area (Å²) < 4.78 is 1.96.